The van der Waals surface area contributed by atoms with E-state index in [0.29, 0.717) is 6.42 Å². The van der Waals surface area contributed by atoms with Gasteiger partial charge >= 0.3 is 0 Å². The maximum absolute atomic E-state index is 13.1. The van der Waals surface area contributed by atoms with Crippen LogP contribution in [0.4, 0.5) is 0 Å². The Bertz CT molecular complexity index is 1240. The third kappa shape index (κ3) is 43.1. The predicted octanol–water partition coefficient (Wildman–Crippen LogP) is 16.3. The number of rotatable bonds is 55. The van der Waals surface area contributed by atoms with Gasteiger partial charge in [-0.25, -0.2) is 0 Å². The molecule has 1 aliphatic rings. The van der Waals surface area contributed by atoms with Gasteiger partial charge in [0.2, 0.25) is 5.91 Å². The fourth-order valence-electron chi connectivity index (χ4n) is 10.2. The highest BCUT2D eigenvalue weighted by Crippen LogP contribution is 2.23. The number of nitrogens with one attached hydrogen (secondary N) is 1. The van der Waals surface area contributed by atoms with Crippen molar-refractivity contribution in [3.63, 3.8) is 0 Å². The first-order chi connectivity index (χ1) is 35.8. The van der Waals surface area contributed by atoms with E-state index in [1.807, 2.05) is 6.08 Å². The van der Waals surface area contributed by atoms with Gasteiger partial charge in [-0.2, -0.15) is 0 Å². The van der Waals surface area contributed by atoms with Crippen LogP contribution in [0.2, 0.25) is 0 Å². The van der Waals surface area contributed by atoms with Gasteiger partial charge in [-0.15, -0.1) is 0 Å². The molecule has 6 N–H and O–H groups in total. The van der Waals surface area contributed by atoms with E-state index in [1.54, 1.807) is 6.08 Å². The number of carbonyl (C=O) groups is 1. The zero-order valence-corrected chi connectivity index (χ0v) is 47.9. The van der Waals surface area contributed by atoms with Crippen molar-refractivity contribution >= 4 is 5.91 Å². The highest BCUT2D eigenvalue weighted by Gasteiger charge is 2.44. The van der Waals surface area contributed by atoms with Gasteiger partial charge in [0.15, 0.2) is 6.29 Å². The van der Waals surface area contributed by atoms with Crippen LogP contribution in [0.25, 0.3) is 0 Å². The summed E-state index contributed by atoms with van der Waals surface area (Å²) in [6.45, 7) is 3.79. The highest BCUT2D eigenvalue weighted by atomic mass is 16.7. The van der Waals surface area contributed by atoms with E-state index in [0.717, 1.165) is 44.9 Å². The second-order valence-electron chi connectivity index (χ2n) is 22.2. The molecule has 0 spiro atoms. The molecule has 9 heteroatoms. The number of ether oxygens (including phenoxy) is 2. The predicted molar refractivity (Wildman–Crippen MR) is 309 cm³/mol. The zero-order chi connectivity index (χ0) is 52.9. The average molecular weight is 1030 g/mol. The minimum Gasteiger partial charge on any atom is -0.394 e. The van der Waals surface area contributed by atoms with Crippen molar-refractivity contribution in [2.45, 2.75) is 352 Å². The number of hydrogen-bond acceptors (Lipinski definition) is 8. The minimum absolute atomic E-state index is 0.185. The number of amides is 1. The van der Waals surface area contributed by atoms with Crippen molar-refractivity contribution in [3.8, 4) is 0 Å². The number of aliphatic hydroxyl groups excluding tert-OH is 5. The van der Waals surface area contributed by atoms with Gasteiger partial charge < -0.3 is 40.3 Å². The molecule has 430 valence electrons. The van der Waals surface area contributed by atoms with Crippen LogP contribution in [0.1, 0.15) is 309 Å². The number of hydrogen-bond donors (Lipinski definition) is 6. The summed E-state index contributed by atoms with van der Waals surface area (Å²) < 4.78 is 11.3. The van der Waals surface area contributed by atoms with E-state index in [-0.39, 0.29) is 12.5 Å². The average Bonchev–Trinajstić information content (AvgIpc) is 3.39. The highest BCUT2D eigenvalue weighted by molar-refractivity contribution is 5.76. The van der Waals surface area contributed by atoms with Crippen LogP contribution >= 0.6 is 0 Å². The third-order valence-electron chi connectivity index (χ3n) is 15.2. The molecule has 0 aromatic carbocycles. The van der Waals surface area contributed by atoms with Crippen LogP contribution in [0.5, 0.6) is 0 Å². The van der Waals surface area contributed by atoms with Crippen LogP contribution in [0.3, 0.4) is 0 Å². The molecule has 1 fully saturated rings. The van der Waals surface area contributed by atoms with Gasteiger partial charge in [0, 0.05) is 6.42 Å². The first-order valence-corrected chi connectivity index (χ1v) is 31.7. The SMILES string of the molecule is CCCCCCCCCCC/C=C/CC/C=C/CC/C=C/C(O)C(COC1OC(CO)C(O)C(O)C1O)NC(=O)CCCCCCCCCCCCCCCCCCCCCCCCCCCCCCCCC. The van der Waals surface area contributed by atoms with E-state index in [1.165, 1.54) is 244 Å². The Morgan fingerprint density at radius 2 is 0.781 bits per heavy atom. The van der Waals surface area contributed by atoms with E-state index < -0.39 is 49.5 Å². The molecule has 0 aliphatic carbocycles. The Hall–Kier alpha value is -1.59. The Morgan fingerprint density at radius 3 is 1.15 bits per heavy atom. The van der Waals surface area contributed by atoms with Crippen molar-refractivity contribution in [2.24, 2.45) is 0 Å². The van der Waals surface area contributed by atoms with Gasteiger partial charge in [0.25, 0.3) is 0 Å². The smallest absolute Gasteiger partial charge is 0.220 e. The third-order valence-corrected chi connectivity index (χ3v) is 15.2. The first kappa shape index (κ1) is 69.4. The number of unbranched alkanes of at least 4 members (excludes halogenated alkanes) is 41. The standard InChI is InChI=1S/C64H121NO8/c1-3-5-7-9-11-13-15-17-19-21-23-24-25-26-27-28-29-30-31-32-33-34-36-38-40-42-44-46-48-50-52-54-60(68)65-57(56-72-64-63(71)62(70)61(69)59(55-66)73-64)58(67)53-51-49-47-45-43-41-39-37-35-22-20-18-16-14-12-10-8-6-4-2/h35,37,43,45,51,53,57-59,61-64,66-67,69-71H,3-34,36,38-42,44,46-50,52,54-56H2,1-2H3,(H,65,68)/b37-35+,45-43+,53-51+. The molecule has 0 radical (unpaired) electrons. The summed E-state index contributed by atoms with van der Waals surface area (Å²) in [6.07, 6.45) is 63.8. The Morgan fingerprint density at radius 1 is 0.452 bits per heavy atom. The molecule has 7 unspecified atom stereocenters. The van der Waals surface area contributed by atoms with Crippen LogP contribution in [-0.2, 0) is 14.3 Å². The lowest BCUT2D eigenvalue weighted by molar-refractivity contribution is -0.302. The van der Waals surface area contributed by atoms with Crippen molar-refractivity contribution in [1.29, 1.82) is 0 Å². The fraction of sp³-hybridized carbons (Fsp3) is 0.891. The molecule has 9 nitrogen and oxygen atoms in total. The number of aliphatic hydroxyl groups is 5. The molecule has 7 atom stereocenters. The van der Waals surface area contributed by atoms with Gasteiger partial charge in [-0.1, -0.05) is 294 Å². The molecular formula is C64H121NO8. The molecule has 0 saturated carbocycles. The summed E-state index contributed by atoms with van der Waals surface area (Å²) in [6, 6.07) is -0.826. The Labute approximate surface area is 451 Å². The molecular weight excluding hydrogens is 911 g/mol. The molecule has 0 aromatic heterocycles. The Balaban J connectivity index is 2.15. The van der Waals surface area contributed by atoms with Gasteiger partial charge in [-0.3, -0.25) is 4.79 Å². The van der Waals surface area contributed by atoms with E-state index in [2.05, 4.69) is 43.5 Å². The van der Waals surface area contributed by atoms with Crippen molar-refractivity contribution < 1.29 is 39.8 Å². The largest absolute Gasteiger partial charge is 0.394 e. The molecule has 1 heterocycles. The van der Waals surface area contributed by atoms with Gasteiger partial charge in [0.05, 0.1) is 25.4 Å². The molecule has 1 aliphatic heterocycles. The first-order valence-electron chi connectivity index (χ1n) is 31.7. The molecule has 73 heavy (non-hydrogen) atoms. The quantitative estimate of drug-likeness (QED) is 0.0261. The second kappa shape index (κ2) is 53.8. The lowest BCUT2D eigenvalue weighted by Crippen LogP contribution is -2.60. The lowest BCUT2D eigenvalue weighted by Gasteiger charge is -2.40. The number of allylic oxidation sites excluding steroid dienone is 5. The summed E-state index contributed by atoms with van der Waals surface area (Å²) in [7, 11) is 0. The fourth-order valence-corrected chi connectivity index (χ4v) is 10.2. The molecule has 0 bridgehead atoms. The molecule has 1 amide bonds. The van der Waals surface area contributed by atoms with Gasteiger partial charge in [0.1, 0.15) is 24.4 Å². The summed E-state index contributed by atoms with van der Waals surface area (Å²) in [4.78, 5) is 13.1. The van der Waals surface area contributed by atoms with Gasteiger partial charge in [-0.05, 0) is 44.9 Å². The van der Waals surface area contributed by atoms with Crippen molar-refractivity contribution in [1.82, 2.24) is 5.32 Å². The minimum atomic E-state index is -1.57. The summed E-state index contributed by atoms with van der Waals surface area (Å²) in [5.41, 5.74) is 0. The second-order valence-corrected chi connectivity index (χ2v) is 22.2. The molecule has 1 saturated heterocycles. The molecule has 0 aromatic rings. The lowest BCUT2D eigenvalue weighted by atomic mass is 9.99. The van der Waals surface area contributed by atoms with E-state index in [9.17, 15) is 30.3 Å². The topological polar surface area (TPSA) is 149 Å². The molecule has 1 rings (SSSR count). The normalized spacial score (nSPS) is 19.2. The van der Waals surface area contributed by atoms with E-state index >= 15 is 0 Å². The van der Waals surface area contributed by atoms with Crippen LogP contribution in [0.15, 0.2) is 36.5 Å². The summed E-state index contributed by atoms with van der Waals surface area (Å²) in [5, 5.41) is 54.5. The number of carbonyl (C=O) groups excluding carboxylic acids is 1. The van der Waals surface area contributed by atoms with Crippen LogP contribution < -0.4 is 5.32 Å². The Kier molecular flexibility index (Phi) is 51.2. The maximum Gasteiger partial charge on any atom is 0.220 e. The van der Waals surface area contributed by atoms with Crippen molar-refractivity contribution in [3.05, 3.63) is 36.5 Å². The monoisotopic (exact) mass is 1030 g/mol. The van der Waals surface area contributed by atoms with Crippen molar-refractivity contribution in [2.75, 3.05) is 13.2 Å². The van der Waals surface area contributed by atoms with E-state index in [4.69, 9.17) is 9.47 Å². The summed E-state index contributed by atoms with van der Waals surface area (Å²) >= 11 is 0. The van der Waals surface area contributed by atoms with Crippen LogP contribution in [-0.4, -0.2) is 87.5 Å². The maximum atomic E-state index is 13.1. The van der Waals surface area contributed by atoms with Crippen LogP contribution in [0, 0.1) is 0 Å². The summed E-state index contributed by atoms with van der Waals surface area (Å²) in [5.74, 6) is -0.185. The zero-order valence-electron chi connectivity index (χ0n) is 47.9.